The minimum atomic E-state index is -0.807. The first kappa shape index (κ1) is 22.2. The van der Waals surface area contributed by atoms with Gasteiger partial charge in [-0.05, 0) is 43.7 Å². The third-order valence-electron chi connectivity index (χ3n) is 5.78. The summed E-state index contributed by atoms with van der Waals surface area (Å²) >= 11 is 2.61. The first-order chi connectivity index (χ1) is 16.3. The van der Waals surface area contributed by atoms with Gasteiger partial charge in [0.1, 0.15) is 0 Å². The Hall–Kier alpha value is -3.56. The lowest BCUT2D eigenvalue weighted by molar-refractivity contribution is -0.117. The van der Waals surface area contributed by atoms with Crippen molar-refractivity contribution in [2.24, 2.45) is 0 Å². The maximum atomic E-state index is 13.7. The fourth-order valence-corrected chi connectivity index (χ4v) is 6.00. The molecule has 172 valence electrons. The van der Waals surface area contributed by atoms with Crippen LogP contribution in [-0.4, -0.2) is 40.9 Å². The summed E-state index contributed by atoms with van der Waals surface area (Å²) in [6.45, 7) is 3.59. The summed E-state index contributed by atoms with van der Waals surface area (Å²) in [5, 5.41) is 12.2. The van der Waals surface area contributed by atoms with Crippen LogP contribution in [0.1, 0.15) is 32.0 Å². The molecule has 5 rings (SSSR count). The van der Waals surface area contributed by atoms with Crippen LogP contribution in [0.3, 0.4) is 0 Å². The summed E-state index contributed by atoms with van der Waals surface area (Å²) in [6.07, 6.45) is 0. The number of aliphatic hydroxyl groups excluding tert-OH is 1. The zero-order valence-corrected chi connectivity index (χ0v) is 20.7. The number of Topliss-reactive ketones (excluding diaryl/α,β-unsaturated/α-hetero) is 1. The summed E-state index contributed by atoms with van der Waals surface area (Å²) in [7, 11) is 3.88. The molecule has 0 bridgehead atoms. The number of nitrogens with zero attached hydrogens (tertiary/aromatic N) is 4. The number of amides is 1. The molecule has 1 aliphatic heterocycles. The zero-order chi connectivity index (χ0) is 24.1. The van der Waals surface area contributed by atoms with E-state index in [1.54, 1.807) is 6.92 Å². The second kappa shape index (κ2) is 8.34. The van der Waals surface area contributed by atoms with Gasteiger partial charge >= 0.3 is 0 Å². The Labute approximate surface area is 204 Å². The topological polar surface area (TPSA) is 86.6 Å². The molecule has 0 aliphatic carbocycles. The summed E-state index contributed by atoms with van der Waals surface area (Å²) in [6, 6.07) is 14.4. The lowest BCUT2D eigenvalue weighted by Crippen LogP contribution is -2.31. The van der Waals surface area contributed by atoms with Crippen molar-refractivity contribution in [3.63, 3.8) is 0 Å². The number of aromatic nitrogens is 2. The quantitative estimate of drug-likeness (QED) is 0.386. The molecule has 0 spiro atoms. The number of fused-ring (bicyclic) bond motifs is 1. The number of anilines is 2. The van der Waals surface area contributed by atoms with Crippen molar-refractivity contribution in [1.29, 1.82) is 0 Å². The van der Waals surface area contributed by atoms with Gasteiger partial charge in [-0.1, -0.05) is 35.6 Å². The number of benzene rings is 2. The number of carbonyl (C=O) groups excluding carboxylic acids is 2. The van der Waals surface area contributed by atoms with E-state index in [0.717, 1.165) is 20.9 Å². The van der Waals surface area contributed by atoms with E-state index in [1.165, 1.54) is 27.6 Å². The highest BCUT2D eigenvalue weighted by molar-refractivity contribution is 7.22. The van der Waals surface area contributed by atoms with Gasteiger partial charge in [-0.3, -0.25) is 14.5 Å². The van der Waals surface area contributed by atoms with Crippen molar-refractivity contribution < 1.29 is 14.7 Å². The minimum absolute atomic E-state index is 0.0496. The molecule has 0 radical (unpaired) electrons. The van der Waals surface area contributed by atoms with Gasteiger partial charge in [-0.15, -0.1) is 11.3 Å². The van der Waals surface area contributed by atoms with Gasteiger partial charge in [-0.2, -0.15) is 0 Å². The average Bonchev–Trinajstić information content (AvgIpc) is 3.46. The maximum absolute atomic E-state index is 13.7. The lowest BCUT2D eigenvalue weighted by atomic mass is 9.95. The molecule has 1 amide bonds. The number of thiazole rings is 2. The highest BCUT2D eigenvalue weighted by Gasteiger charge is 2.46. The van der Waals surface area contributed by atoms with E-state index in [1.807, 2.05) is 74.4 Å². The van der Waals surface area contributed by atoms with Gasteiger partial charge in [0.05, 0.1) is 37.4 Å². The molecule has 2 aromatic carbocycles. The first-order valence-corrected chi connectivity index (χ1v) is 12.3. The van der Waals surface area contributed by atoms with E-state index < -0.39 is 17.7 Å². The maximum Gasteiger partial charge on any atom is 0.296 e. The van der Waals surface area contributed by atoms with Crippen LogP contribution in [0.15, 0.2) is 59.9 Å². The molecule has 7 nitrogen and oxygen atoms in total. The summed E-state index contributed by atoms with van der Waals surface area (Å²) in [4.78, 5) is 39.9. The molecule has 0 saturated heterocycles. The minimum Gasteiger partial charge on any atom is -0.503 e. The Bertz CT molecular complexity index is 1430. The number of hydrogen-bond donors (Lipinski definition) is 1. The Balaban J connectivity index is 1.68. The number of aryl methyl sites for hydroxylation is 2. The smallest absolute Gasteiger partial charge is 0.296 e. The fraction of sp³-hybridized carbons (Fsp3) is 0.200. The Morgan fingerprint density at radius 2 is 1.74 bits per heavy atom. The molecule has 2 aromatic heterocycles. The second-order valence-corrected chi connectivity index (χ2v) is 10.5. The summed E-state index contributed by atoms with van der Waals surface area (Å²) in [5.41, 5.74) is 3.08. The molecule has 3 heterocycles. The Kier molecular flexibility index (Phi) is 5.45. The van der Waals surface area contributed by atoms with Gasteiger partial charge in [-0.25, -0.2) is 9.97 Å². The van der Waals surface area contributed by atoms with Crippen LogP contribution in [-0.2, 0) is 4.79 Å². The van der Waals surface area contributed by atoms with Gasteiger partial charge in [0, 0.05) is 19.8 Å². The standard InChI is InChI=1S/C25H22N4O3S2/c1-13-23(33-14(2)26-13)21(30)19-20(15-9-11-16(12-10-15)28(3)4)29(24(32)22(19)31)25-27-17-7-5-6-8-18(17)34-25/h5-12,20,31H,1-4H3. The molecule has 0 saturated carbocycles. The number of carbonyl (C=O) groups is 2. The van der Waals surface area contributed by atoms with E-state index in [-0.39, 0.29) is 11.4 Å². The second-order valence-electron chi connectivity index (χ2n) is 8.27. The predicted octanol–water partition coefficient (Wildman–Crippen LogP) is 5.22. The molecule has 9 heteroatoms. The molecule has 1 atom stereocenters. The van der Waals surface area contributed by atoms with E-state index in [0.29, 0.717) is 21.3 Å². The van der Waals surface area contributed by atoms with Crippen molar-refractivity contribution in [1.82, 2.24) is 9.97 Å². The van der Waals surface area contributed by atoms with Crippen LogP contribution in [0.4, 0.5) is 10.8 Å². The zero-order valence-electron chi connectivity index (χ0n) is 19.1. The fourth-order valence-electron chi connectivity index (χ4n) is 4.13. The molecule has 4 aromatic rings. The normalized spacial score (nSPS) is 16.1. The molecular formula is C25H22N4O3S2. The number of hydrogen-bond acceptors (Lipinski definition) is 8. The summed E-state index contributed by atoms with van der Waals surface area (Å²) in [5.74, 6) is -1.57. The Morgan fingerprint density at radius 1 is 1.03 bits per heavy atom. The molecule has 0 fully saturated rings. The monoisotopic (exact) mass is 490 g/mol. The van der Waals surface area contributed by atoms with Crippen molar-refractivity contribution in [2.75, 3.05) is 23.9 Å². The average molecular weight is 491 g/mol. The first-order valence-electron chi connectivity index (χ1n) is 10.6. The van der Waals surface area contributed by atoms with Gasteiger partial charge in [0.15, 0.2) is 10.9 Å². The van der Waals surface area contributed by atoms with Gasteiger partial charge in [0.25, 0.3) is 5.91 Å². The van der Waals surface area contributed by atoms with E-state index in [2.05, 4.69) is 9.97 Å². The van der Waals surface area contributed by atoms with Crippen LogP contribution < -0.4 is 9.80 Å². The van der Waals surface area contributed by atoms with Crippen LogP contribution in [0.2, 0.25) is 0 Å². The molecular weight excluding hydrogens is 468 g/mol. The third-order valence-corrected chi connectivity index (χ3v) is 7.88. The van der Waals surface area contributed by atoms with Crippen LogP contribution in [0, 0.1) is 13.8 Å². The van der Waals surface area contributed by atoms with Crippen molar-refractivity contribution in [3.8, 4) is 0 Å². The van der Waals surface area contributed by atoms with E-state index in [4.69, 9.17) is 0 Å². The number of ketones is 1. The third kappa shape index (κ3) is 3.57. The van der Waals surface area contributed by atoms with Crippen LogP contribution in [0.5, 0.6) is 0 Å². The number of aliphatic hydroxyl groups is 1. The van der Waals surface area contributed by atoms with Crippen molar-refractivity contribution in [3.05, 3.63) is 81.0 Å². The Morgan fingerprint density at radius 3 is 2.35 bits per heavy atom. The lowest BCUT2D eigenvalue weighted by Gasteiger charge is -2.25. The molecule has 1 N–H and O–H groups in total. The number of para-hydroxylation sites is 1. The molecule has 1 aliphatic rings. The van der Waals surface area contributed by atoms with Crippen molar-refractivity contribution >= 4 is 55.4 Å². The predicted molar refractivity (Wildman–Crippen MR) is 136 cm³/mol. The SMILES string of the molecule is Cc1nc(C)c(C(=O)C2=C(O)C(=O)N(c3nc4ccccc4s3)C2c2ccc(N(C)C)cc2)s1. The number of rotatable bonds is 5. The van der Waals surface area contributed by atoms with Gasteiger partial charge < -0.3 is 10.0 Å². The highest BCUT2D eigenvalue weighted by atomic mass is 32.1. The summed E-state index contributed by atoms with van der Waals surface area (Å²) < 4.78 is 0.917. The van der Waals surface area contributed by atoms with Crippen LogP contribution >= 0.6 is 22.7 Å². The van der Waals surface area contributed by atoms with Crippen molar-refractivity contribution in [2.45, 2.75) is 19.9 Å². The van der Waals surface area contributed by atoms with Crippen LogP contribution in [0.25, 0.3) is 10.2 Å². The largest absolute Gasteiger partial charge is 0.503 e. The van der Waals surface area contributed by atoms with Gasteiger partial charge in [0.2, 0.25) is 5.78 Å². The molecule has 34 heavy (non-hydrogen) atoms. The van der Waals surface area contributed by atoms with E-state index in [9.17, 15) is 14.7 Å². The van der Waals surface area contributed by atoms with E-state index >= 15 is 0 Å². The highest BCUT2D eigenvalue weighted by Crippen LogP contribution is 2.45. The molecule has 1 unspecified atom stereocenters.